The lowest BCUT2D eigenvalue weighted by atomic mass is 9.83. The van der Waals surface area contributed by atoms with Crippen molar-refractivity contribution in [2.24, 2.45) is 0 Å². The second kappa shape index (κ2) is 12.5. The van der Waals surface area contributed by atoms with Gasteiger partial charge in [0.15, 0.2) is 0 Å². The first-order chi connectivity index (χ1) is 10.1. The normalized spacial score (nSPS) is 16.1. The second-order valence-electron chi connectivity index (χ2n) is 6.59. The molecule has 0 saturated carbocycles. The van der Waals surface area contributed by atoms with Gasteiger partial charge in [-0.1, -0.05) is 66.7 Å². The Labute approximate surface area is 135 Å². The summed E-state index contributed by atoms with van der Waals surface area (Å²) >= 11 is 0. The Bertz CT molecular complexity index is 226. The quantitative estimate of drug-likeness (QED) is 0.442. The van der Waals surface area contributed by atoms with Gasteiger partial charge >= 0.3 is 0 Å². The van der Waals surface area contributed by atoms with Gasteiger partial charge in [0.1, 0.15) is 0 Å². The molecule has 0 aliphatic heterocycles. The van der Waals surface area contributed by atoms with Crippen LogP contribution in [0.3, 0.4) is 0 Å². The van der Waals surface area contributed by atoms with Crippen LogP contribution in [0.4, 0.5) is 0 Å². The minimum absolute atomic E-state index is 0.295. The molecule has 21 heavy (non-hydrogen) atoms. The zero-order chi connectivity index (χ0) is 16.1. The van der Waals surface area contributed by atoms with Gasteiger partial charge in [-0.05, 0) is 45.8 Å². The fraction of sp³-hybridized carbons (Fsp3) is 1.00. The average Bonchev–Trinajstić information content (AvgIpc) is 2.50. The molecule has 0 aliphatic rings. The lowest BCUT2D eigenvalue weighted by Gasteiger charge is -2.46. The van der Waals surface area contributed by atoms with Crippen molar-refractivity contribution in [1.82, 2.24) is 10.2 Å². The molecule has 0 radical (unpaired) electrons. The topological polar surface area (TPSA) is 15.3 Å². The first-order valence-corrected chi connectivity index (χ1v) is 9.58. The maximum absolute atomic E-state index is 3.86. The van der Waals surface area contributed by atoms with Crippen molar-refractivity contribution in [3.05, 3.63) is 0 Å². The minimum atomic E-state index is 0.295. The van der Waals surface area contributed by atoms with Gasteiger partial charge in [-0.15, -0.1) is 0 Å². The molecular formula is C19H42N2. The highest BCUT2D eigenvalue weighted by atomic mass is 15.2. The molecule has 0 saturated heterocycles. The monoisotopic (exact) mass is 298 g/mol. The highest BCUT2D eigenvalue weighted by molar-refractivity contribution is 4.95. The van der Waals surface area contributed by atoms with Crippen LogP contribution < -0.4 is 5.32 Å². The van der Waals surface area contributed by atoms with Crippen LogP contribution >= 0.6 is 0 Å². The molecule has 0 spiro atoms. The third-order valence-electron chi connectivity index (χ3n) is 5.19. The Morgan fingerprint density at radius 1 is 0.857 bits per heavy atom. The number of likely N-dealkylation sites (N-methyl/N-ethyl adjacent to an activating group) is 1. The molecule has 0 bridgehead atoms. The molecule has 1 N–H and O–H groups in total. The Kier molecular flexibility index (Phi) is 12.4. The van der Waals surface area contributed by atoms with E-state index in [-0.39, 0.29) is 0 Å². The van der Waals surface area contributed by atoms with E-state index < -0.39 is 0 Å². The molecular weight excluding hydrogens is 256 g/mol. The molecule has 0 rings (SSSR count). The molecule has 0 aromatic heterocycles. The van der Waals surface area contributed by atoms with Crippen LogP contribution in [-0.2, 0) is 0 Å². The van der Waals surface area contributed by atoms with E-state index in [0.717, 1.165) is 19.6 Å². The van der Waals surface area contributed by atoms with Crippen LogP contribution in [-0.4, -0.2) is 36.1 Å². The number of unbranched alkanes of at least 4 members (excludes halogenated alkanes) is 4. The van der Waals surface area contributed by atoms with Crippen LogP contribution in [0.25, 0.3) is 0 Å². The summed E-state index contributed by atoms with van der Waals surface area (Å²) in [4.78, 5) is 2.66. The van der Waals surface area contributed by atoms with Crippen LogP contribution in [0.2, 0.25) is 0 Å². The minimum Gasteiger partial charge on any atom is -0.312 e. The van der Waals surface area contributed by atoms with E-state index in [1.807, 2.05) is 0 Å². The highest BCUT2D eigenvalue weighted by Gasteiger charge is 2.35. The molecule has 0 heterocycles. The predicted octanol–water partition coefficient (Wildman–Crippen LogP) is 5.23. The lowest BCUT2D eigenvalue weighted by Crippen LogP contribution is -2.59. The van der Waals surface area contributed by atoms with Gasteiger partial charge in [-0.2, -0.15) is 0 Å². The summed E-state index contributed by atoms with van der Waals surface area (Å²) in [6.07, 6.45) is 10.7. The fourth-order valence-electron chi connectivity index (χ4n) is 3.54. The van der Waals surface area contributed by atoms with E-state index in [4.69, 9.17) is 0 Å². The SMILES string of the molecule is CCCCCCCC(NCCC)C(C)(CC)N(CC)CC. The van der Waals surface area contributed by atoms with Gasteiger partial charge in [-0.3, -0.25) is 4.90 Å². The summed E-state index contributed by atoms with van der Waals surface area (Å²) in [6.45, 7) is 17.4. The molecule has 0 aromatic carbocycles. The first kappa shape index (κ1) is 20.9. The highest BCUT2D eigenvalue weighted by Crippen LogP contribution is 2.27. The molecule has 0 amide bonds. The molecule has 0 aliphatic carbocycles. The van der Waals surface area contributed by atoms with Crippen molar-refractivity contribution in [1.29, 1.82) is 0 Å². The van der Waals surface area contributed by atoms with Crippen LogP contribution in [0.1, 0.15) is 92.9 Å². The lowest BCUT2D eigenvalue weighted by molar-refractivity contribution is 0.0656. The average molecular weight is 299 g/mol. The number of hydrogen-bond donors (Lipinski definition) is 1. The van der Waals surface area contributed by atoms with Gasteiger partial charge < -0.3 is 5.32 Å². The zero-order valence-corrected chi connectivity index (χ0v) is 15.8. The third-order valence-corrected chi connectivity index (χ3v) is 5.19. The van der Waals surface area contributed by atoms with Crippen LogP contribution in [0.15, 0.2) is 0 Å². The van der Waals surface area contributed by atoms with Crippen molar-refractivity contribution in [2.75, 3.05) is 19.6 Å². The molecule has 2 heteroatoms. The number of nitrogens with one attached hydrogen (secondary N) is 1. The molecule has 0 fully saturated rings. The summed E-state index contributed by atoms with van der Waals surface area (Å²) in [5.74, 6) is 0. The third kappa shape index (κ3) is 7.15. The summed E-state index contributed by atoms with van der Waals surface area (Å²) in [7, 11) is 0. The van der Waals surface area contributed by atoms with Gasteiger partial charge in [0, 0.05) is 11.6 Å². The van der Waals surface area contributed by atoms with Crippen LogP contribution in [0.5, 0.6) is 0 Å². The van der Waals surface area contributed by atoms with Gasteiger partial charge in [0.05, 0.1) is 0 Å². The Hall–Kier alpha value is -0.0800. The van der Waals surface area contributed by atoms with E-state index in [9.17, 15) is 0 Å². The van der Waals surface area contributed by atoms with E-state index in [2.05, 4.69) is 51.8 Å². The summed E-state index contributed by atoms with van der Waals surface area (Å²) in [5.41, 5.74) is 0.295. The largest absolute Gasteiger partial charge is 0.312 e. The Morgan fingerprint density at radius 3 is 1.95 bits per heavy atom. The zero-order valence-electron chi connectivity index (χ0n) is 15.8. The van der Waals surface area contributed by atoms with Gasteiger partial charge in [0.2, 0.25) is 0 Å². The number of nitrogens with zero attached hydrogens (tertiary/aromatic N) is 1. The van der Waals surface area contributed by atoms with E-state index in [1.54, 1.807) is 0 Å². The van der Waals surface area contributed by atoms with Crippen LogP contribution in [0, 0.1) is 0 Å². The summed E-state index contributed by atoms with van der Waals surface area (Å²) in [6, 6.07) is 0.629. The van der Waals surface area contributed by atoms with Crippen molar-refractivity contribution in [3.8, 4) is 0 Å². The summed E-state index contributed by atoms with van der Waals surface area (Å²) < 4.78 is 0. The van der Waals surface area contributed by atoms with E-state index >= 15 is 0 Å². The van der Waals surface area contributed by atoms with Crippen molar-refractivity contribution in [3.63, 3.8) is 0 Å². The molecule has 2 atom stereocenters. The number of hydrogen-bond acceptors (Lipinski definition) is 2. The molecule has 0 aromatic rings. The van der Waals surface area contributed by atoms with Crippen molar-refractivity contribution >= 4 is 0 Å². The van der Waals surface area contributed by atoms with Crippen molar-refractivity contribution in [2.45, 2.75) is 104 Å². The first-order valence-electron chi connectivity index (χ1n) is 9.58. The van der Waals surface area contributed by atoms with E-state index in [0.29, 0.717) is 11.6 Å². The Morgan fingerprint density at radius 2 is 1.48 bits per heavy atom. The molecule has 2 nitrogen and oxygen atoms in total. The summed E-state index contributed by atoms with van der Waals surface area (Å²) in [5, 5.41) is 3.86. The Balaban J connectivity index is 4.66. The standard InChI is InChI=1S/C19H42N2/c1-7-12-13-14-15-16-18(20-17-8-2)19(6,9-3)21(10-4)11-5/h18,20H,7-17H2,1-6H3. The fourth-order valence-corrected chi connectivity index (χ4v) is 3.54. The van der Waals surface area contributed by atoms with Gasteiger partial charge in [-0.25, -0.2) is 0 Å². The van der Waals surface area contributed by atoms with Crippen molar-refractivity contribution < 1.29 is 0 Å². The second-order valence-corrected chi connectivity index (χ2v) is 6.59. The molecule has 2 unspecified atom stereocenters. The number of rotatable bonds is 14. The predicted molar refractivity (Wildman–Crippen MR) is 97.1 cm³/mol. The maximum Gasteiger partial charge on any atom is 0.0331 e. The van der Waals surface area contributed by atoms with E-state index in [1.165, 1.54) is 51.4 Å². The maximum atomic E-state index is 3.86. The molecule has 128 valence electrons. The smallest absolute Gasteiger partial charge is 0.0331 e. The van der Waals surface area contributed by atoms with Gasteiger partial charge in [0.25, 0.3) is 0 Å².